The molecular formula is C14H12BrFN2O. The average molecular weight is 323 g/mol. The number of amides is 1. The van der Waals surface area contributed by atoms with E-state index in [0.29, 0.717) is 21.4 Å². The maximum atomic E-state index is 13.3. The van der Waals surface area contributed by atoms with Gasteiger partial charge in [0, 0.05) is 16.9 Å². The van der Waals surface area contributed by atoms with E-state index in [9.17, 15) is 9.18 Å². The molecule has 0 radical (unpaired) electrons. The van der Waals surface area contributed by atoms with Gasteiger partial charge in [0.15, 0.2) is 0 Å². The van der Waals surface area contributed by atoms with Crippen molar-refractivity contribution < 1.29 is 9.18 Å². The van der Waals surface area contributed by atoms with Gasteiger partial charge in [0.2, 0.25) is 0 Å². The molecule has 0 saturated heterocycles. The van der Waals surface area contributed by atoms with Gasteiger partial charge in [0.25, 0.3) is 5.91 Å². The molecule has 2 aromatic carbocycles. The Balaban J connectivity index is 2.22. The van der Waals surface area contributed by atoms with Crippen molar-refractivity contribution >= 4 is 33.2 Å². The number of anilines is 2. The predicted octanol–water partition coefficient (Wildman–Crippen LogP) is 3.73. The molecule has 0 unspecified atom stereocenters. The van der Waals surface area contributed by atoms with E-state index in [-0.39, 0.29) is 5.91 Å². The maximum Gasteiger partial charge on any atom is 0.255 e. The van der Waals surface area contributed by atoms with Gasteiger partial charge in [0.05, 0.1) is 4.47 Å². The number of nitrogen functional groups attached to an aromatic ring is 1. The second kappa shape index (κ2) is 5.40. The maximum absolute atomic E-state index is 13.3. The second-order valence-electron chi connectivity index (χ2n) is 4.22. The molecule has 2 aromatic rings. The summed E-state index contributed by atoms with van der Waals surface area (Å²) in [6.45, 7) is 1.85. The van der Waals surface area contributed by atoms with Gasteiger partial charge >= 0.3 is 0 Å². The Kier molecular flexibility index (Phi) is 3.85. The van der Waals surface area contributed by atoms with Gasteiger partial charge in [0.1, 0.15) is 5.82 Å². The third-order valence-corrected chi connectivity index (χ3v) is 3.18. The lowest BCUT2D eigenvalue weighted by Gasteiger charge is -2.07. The zero-order valence-electron chi connectivity index (χ0n) is 10.2. The first-order chi connectivity index (χ1) is 8.95. The number of hydrogen-bond acceptors (Lipinski definition) is 2. The highest BCUT2D eigenvalue weighted by Gasteiger charge is 2.08. The van der Waals surface area contributed by atoms with E-state index < -0.39 is 5.82 Å². The molecule has 0 fully saturated rings. The molecule has 3 N–H and O–H groups in total. The summed E-state index contributed by atoms with van der Waals surface area (Å²) in [6.07, 6.45) is 0. The van der Waals surface area contributed by atoms with Gasteiger partial charge in [-0.2, -0.15) is 0 Å². The van der Waals surface area contributed by atoms with Gasteiger partial charge in [-0.3, -0.25) is 4.79 Å². The van der Waals surface area contributed by atoms with E-state index in [1.165, 1.54) is 12.1 Å². The zero-order valence-corrected chi connectivity index (χ0v) is 11.8. The van der Waals surface area contributed by atoms with Crippen LogP contribution in [0, 0.1) is 12.7 Å². The smallest absolute Gasteiger partial charge is 0.255 e. The van der Waals surface area contributed by atoms with Crippen LogP contribution in [-0.4, -0.2) is 5.91 Å². The Bertz CT molecular complexity index is 623. The van der Waals surface area contributed by atoms with Crippen LogP contribution in [0.3, 0.4) is 0 Å². The van der Waals surface area contributed by atoms with Gasteiger partial charge in [-0.15, -0.1) is 0 Å². The summed E-state index contributed by atoms with van der Waals surface area (Å²) in [5, 5.41) is 2.63. The number of nitrogens with two attached hydrogens (primary N) is 1. The number of aryl methyl sites for hydroxylation is 1. The molecule has 3 nitrogen and oxygen atoms in total. The van der Waals surface area contributed by atoms with E-state index in [0.717, 1.165) is 5.56 Å². The molecule has 5 heteroatoms. The van der Waals surface area contributed by atoms with Crippen LogP contribution in [0.5, 0.6) is 0 Å². The highest BCUT2D eigenvalue weighted by Crippen LogP contribution is 2.20. The van der Waals surface area contributed by atoms with Crippen molar-refractivity contribution in [2.45, 2.75) is 6.92 Å². The van der Waals surface area contributed by atoms with Crippen molar-refractivity contribution in [1.82, 2.24) is 0 Å². The molecule has 0 aromatic heterocycles. The Morgan fingerprint density at radius 2 is 2.00 bits per heavy atom. The zero-order chi connectivity index (χ0) is 14.0. The van der Waals surface area contributed by atoms with E-state index in [4.69, 9.17) is 5.73 Å². The molecule has 0 aliphatic carbocycles. The molecular weight excluding hydrogens is 311 g/mol. The monoisotopic (exact) mass is 322 g/mol. The van der Waals surface area contributed by atoms with E-state index in [1.807, 2.05) is 6.92 Å². The standard InChI is InChI=1S/C14H12BrFN2O/c1-8-4-9(6-10(17)5-8)14(19)18-11-2-3-12(15)13(16)7-11/h2-7H,17H2,1H3,(H,18,19). The van der Waals surface area contributed by atoms with E-state index >= 15 is 0 Å². The number of rotatable bonds is 2. The van der Waals surface area contributed by atoms with Crippen molar-refractivity contribution in [2.24, 2.45) is 0 Å². The lowest BCUT2D eigenvalue weighted by atomic mass is 10.1. The molecule has 1 amide bonds. The summed E-state index contributed by atoms with van der Waals surface area (Å²) in [7, 11) is 0. The topological polar surface area (TPSA) is 55.1 Å². The third kappa shape index (κ3) is 3.32. The van der Waals surface area contributed by atoms with Crippen LogP contribution in [0.1, 0.15) is 15.9 Å². The summed E-state index contributed by atoms with van der Waals surface area (Å²) in [5.41, 5.74) is 7.94. The third-order valence-electron chi connectivity index (χ3n) is 2.54. The predicted molar refractivity (Wildman–Crippen MR) is 77.6 cm³/mol. The minimum atomic E-state index is -0.429. The van der Waals surface area contributed by atoms with Crippen molar-refractivity contribution in [3.63, 3.8) is 0 Å². The van der Waals surface area contributed by atoms with Crippen molar-refractivity contribution in [1.29, 1.82) is 0 Å². The highest BCUT2D eigenvalue weighted by atomic mass is 79.9. The largest absolute Gasteiger partial charge is 0.399 e. The van der Waals surface area contributed by atoms with E-state index in [1.54, 1.807) is 24.3 Å². The quantitative estimate of drug-likeness (QED) is 0.828. The van der Waals surface area contributed by atoms with Gasteiger partial charge in [-0.25, -0.2) is 4.39 Å². The number of carbonyl (C=O) groups is 1. The molecule has 2 rings (SSSR count). The molecule has 0 aliphatic rings. The van der Waals surface area contributed by atoms with Crippen LogP contribution < -0.4 is 11.1 Å². The van der Waals surface area contributed by atoms with Gasteiger partial charge < -0.3 is 11.1 Å². The van der Waals surface area contributed by atoms with E-state index in [2.05, 4.69) is 21.2 Å². The summed E-state index contributed by atoms with van der Waals surface area (Å²) in [5.74, 6) is -0.751. The van der Waals surface area contributed by atoms with Crippen LogP contribution in [0.4, 0.5) is 15.8 Å². The average Bonchev–Trinajstić information content (AvgIpc) is 2.32. The SMILES string of the molecule is Cc1cc(N)cc(C(=O)Nc2ccc(Br)c(F)c2)c1. The van der Waals surface area contributed by atoms with Crippen LogP contribution in [0.15, 0.2) is 40.9 Å². The first-order valence-electron chi connectivity index (χ1n) is 5.59. The molecule has 0 atom stereocenters. The summed E-state index contributed by atoms with van der Waals surface area (Å²) in [4.78, 5) is 12.0. The Hall–Kier alpha value is -1.88. The first kappa shape index (κ1) is 13.5. The normalized spacial score (nSPS) is 10.3. The molecule has 0 saturated carbocycles. The fourth-order valence-electron chi connectivity index (χ4n) is 1.72. The van der Waals surface area contributed by atoms with Crippen LogP contribution in [0.2, 0.25) is 0 Å². The van der Waals surface area contributed by atoms with Crippen LogP contribution in [-0.2, 0) is 0 Å². The minimum Gasteiger partial charge on any atom is -0.399 e. The fraction of sp³-hybridized carbons (Fsp3) is 0.0714. The Morgan fingerprint density at radius 1 is 1.26 bits per heavy atom. The number of nitrogens with one attached hydrogen (secondary N) is 1. The van der Waals surface area contributed by atoms with Gasteiger partial charge in [-0.1, -0.05) is 0 Å². The van der Waals surface area contributed by atoms with Crippen molar-refractivity contribution in [3.05, 3.63) is 57.8 Å². The fourth-order valence-corrected chi connectivity index (χ4v) is 1.97. The Morgan fingerprint density at radius 3 is 2.63 bits per heavy atom. The molecule has 0 aliphatic heterocycles. The van der Waals surface area contributed by atoms with Crippen molar-refractivity contribution in [3.8, 4) is 0 Å². The van der Waals surface area contributed by atoms with Crippen molar-refractivity contribution in [2.75, 3.05) is 11.1 Å². The lowest BCUT2D eigenvalue weighted by Crippen LogP contribution is -2.12. The number of halogens is 2. The van der Waals surface area contributed by atoms with Gasteiger partial charge in [-0.05, 0) is 64.8 Å². The lowest BCUT2D eigenvalue weighted by molar-refractivity contribution is 0.102. The number of carbonyl (C=O) groups excluding carboxylic acids is 1. The molecule has 0 spiro atoms. The van der Waals surface area contributed by atoms with Crippen LogP contribution >= 0.6 is 15.9 Å². The molecule has 0 heterocycles. The Labute approximate surface area is 118 Å². The van der Waals surface area contributed by atoms with Crippen LogP contribution in [0.25, 0.3) is 0 Å². The molecule has 0 bridgehead atoms. The molecule has 19 heavy (non-hydrogen) atoms. The summed E-state index contributed by atoms with van der Waals surface area (Å²) in [6, 6.07) is 9.48. The minimum absolute atomic E-state index is 0.322. The number of benzene rings is 2. The molecule has 98 valence electrons. The highest BCUT2D eigenvalue weighted by molar-refractivity contribution is 9.10. The summed E-state index contributed by atoms with van der Waals surface area (Å²) < 4.78 is 13.7. The number of hydrogen-bond donors (Lipinski definition) is 2. The second-order valence-corrected chi connectivity index (χ2v) is 5.07. The summed E-state index contributed by atoms with van der Waals surface area (Å²) >= 11 is 3.06. The first-order valence-corrected chi connectivity index (χ1v) is 6.38.